The molecule has 1 heterocycles. The van der Waals surface area contributed by atoms with Crippen molar-refractivity contribution < 1.29 is 4.79 Å². The van der Waals surface area contributed by atoms with Crippen molar-refractivity contribution in [2.75, 3.05) is 5.32 Å². The minimum Gasteiger partial charge on any atom is -0.381 e. The Bertz CT molecular complexity index is 559. The molecule has 2 saturated carbocycles. The lowest BCUT2D eigenvalue weighted by Crippen LogP contribution is -2.38. The van der Waals surface area contributed by atoms with Gasteiger partial charge in [0.2, 0.25) is 5.91 Å². The molecule has 21 heavy (non-hydrogen) atoms. The van der Waals surface area contributed by atoms with Gasteiger partial charge in [0.05, 0.1) is 11.9 Å². The van der Waals surface area contributed by atoms with Crippen LogP contribution in [0, 0.1) is 0 Å². The molecule has 2 N–H and O–H groups in total. The zero-order valence-corrected chi connectivity index (χ0v) is 12.2. The van der Waals surface area contributed by atoms with Crippen LogP contribution in [0.4, 0.5) is 5.69 Å². The summed E-state index contributed by atoms with van der Waals surface area (Å²) < 4.78 is 1.22. The van der Waals surface area contributed by atoms with Crippen LogP contribution in [-0.4, -0.2) is 27.8 Å². The number of aromatic nitrogens is 2. The molecule has 2 aliphatic carbocycles. The van der Waals surface area contributed by atoms with E-state index in [2.05, 4.69) is 15.7 Å². The van der Waals surface area contributed by atoms with E-state index < -0.39 is 0 Å². The molecule has 2 fully saturated rings. The summed E-state index contributed by atoms with van der Waals surface area (Å²) in [5.74, 6) is -0.129. The molecule has 114 valence electrons. The van der Waals surface area contributed by atoms with Gasteiger partial charge < -0.3 is 10.6 Å². The van der Waals surface area contributed by atoms with Crippen LogP contribution in [0.5, 0.6) is 0 Å². The summed E-state index contributed by atoms with van der Waals surface area (Å²) in [6, 6.07) is 2.26. The Morgan fingerprint density at radius 2 is 1.90 bits per heavy atom. The number of carbonyl (C=O) groups excluding carboxylic acids is 1. The Morgan fingerprint density at radius 1 is 1.19 bits per heavy atom. The predicted octanol–water partition coefficient (Wildman–Crippen LogP) is 1.27. The molecule has 3 rings (SSSR count). The SMILES string of the molecule is O=C(Cn1ncc(NC2CCC2)cc1=O)NC1CCCC1. The van der Waals surface area contributed by atoms with E-state index in [0.717, 1.165) is 31.4 Å². The molecule has 1 aromatic heterocycles. The number of nitrogens with one attached hydrogen (secondary N) is 2. The van der Waals surface area contributed by atoms with Gasteiger partial charge >= 0.3 is 0 Å². The maximum Gasteiger partial charge on any atom is 0.269 e. The summed E-state index contributed by atoms with van der Waals surface area (Å²) in [6.45, 7) is -0.000950. The molecule has 0 aliphatic heterocycles. The van der Waals surface area contributed by atoms with E-state index >= 15 is 0 Å². The Kier molecular flexibility index (Phi) is 4.22. The highest BCUT2D eigenvalue weighted by molar-refractivity contribution is 5.76. The Morgan fingerprint density at radius 3 is 2.52 bits per heavy atom. The fourth-order valence-corrected chi connectivity index (χ4v) is 2.90. The third kappa shape index (κ3) is 3.62. The smallest absolute Gasteiger partial charge is 0.269 e. The molecule has 0 aromatic carbocycles. The molecule has 0 atom stereocenters. The summed E-state index contributed by atoms with van der Waals surface area (Å²) >= 11 is 0. The molecule has 0 unspecified atom stereocenters. The van der Waals surface area contributed by atoms with Crippen molar-refractivity contribution in [3.8, 4) is 0 Å². The summed E-state index contributed by atoms with van der Waals surface area (Å²) in [5.41, 5.74) is 0.512. The van der Waals surface area contributed by atoms with E-state index in [1.807, 2.05) is 0 Å². The van der Waals surface area contributed by atoms with Crippen LogP contribution in [0.3, 0.4) is 0 Å². The minimum atomic E-state index is -0.235. The lowest BCUT2D eigenvalue weighted by atomic mass is 9.93. The maximum atomic E-state index is 12.0. The summed E-state index contributed by atoms with van der Waals surface area (Å²) in [7, 11) is 0. The number of hydrogen-bond acceptors (Lipinski definition) is 4. The lowest BCUT2D eigenvalue weighted by molar-refractivity contribution is -0.122. The van der Waals surface area contributed by atoms with Crippen LogP contribution in [0.15, 0.2) is 17.1 Å². The zero-order chi connectivity index (χ0) is 14.7. The van der Waals surface area contributed by atoms with Crippen LogP contribution in [0.2, 0.25) is 0 Å². The largest absolute Gasteiger partial charge is 0.381 e. The van der Waals surface area contributed by atoms with Gasteiger partial charge in [-0.25, -0.2) is 4.68 Å². The average molecular weight is 290 g/mol. The van der Waals surface area contributed by atoms with Crippen molar-refractivity contribution in [3.05, 3.63) is 22.6 Å². The second-order valence-corrected chi connectivity index (χ2v) is 6.06. The lowest BCUT2D eigenvalue weighted by Gasteiger charge is -2.27. The molecule has 0 spiro atoms. The quantitative estimate of drug-likeness (QED) is 0.856. The number of rotatable bonds is 5. The molecule has 0 saturated heterocycles. The van der Waals surface area contributed by atoms with E-state index in [-0.39, 0.29) is 24.1 Å². The van der Waals surface area contributed by atoms with Gasteiger partial charge in [0.1, 0.15) is 6.54 Å². The second-order valence-electron chi connectivity index (χ2n) is 6.06. The first kappa shape index (κ1) is 14.1. The Hall–Kier alpha value is -1.85. The predicted molar refractivity (Wildman–Crippen MR) is 80.2 cm³/mol. The number of carbonyl (C=O) groups is 1. The third-order valence-corrected chi connectivity index (χ3v) is 4.36. The van der Waals surface area contributed by atoms with Gasteiger partial charge in [0.25, 0.3) is 5.56 Å². The number of nitrogens with zero attached hydrogens (tertiary/aromatic N) is 2. The van der Waals surface area contributed by atoms with Gasteiger partial charge in [0, 0.05) is 18.2 Å². The standard InChI is InChI=1S/C15H22N4O2/c20-14(18-12-4-1-2-5-12)10-19-15(21)8-13(9-16-19)17-11-6-3-7-11/h8-9,11-12,17H,1-7,10H2,(H,18,20). The topological polar surface area (TPSA) is 76.0 Å². The van der Waals surface area contributed by atoms with E-state index in [4.69, 9.17) is 0 Å². The maximum absolute atomic E-state index is 12.0. The average Bonchev–Trinajstić information content (AvgIpc) is 2.89. The van der Waals surface area contributed by atoms with Gasteiger partial charge in [-0.2, -0.15) is 5.10 Å². The van der Waals surface area contributed by atoms with Crippen molar-refractivity contribution in [3.63, 3.8) is 0 Å². The van der Waals surface area contributed by atoms with Crippen LogP contribution in [0.25, 0.3) is 0 Å². The molecule has 6 heteroatoms. The fourth-order valence-electron chi connectivity index (χ4n) is 2.90. The van der Waals surface area contributed by atoms with Gasteiger partial charge in [-0.05, 0) is 32.1 Å². The normalized spacial score (nSPS) is 19.2. The number of amides is 1. The van der Waals surface area contributed by atoms with Gasteiger partial charge in [0.15, 0.2) is 0 Å². The molecular weight excluding hydrogens is 268 g/mol. The van der Waals surface area contributed by atoms with Gasteiger partial charge in [-0.1, -0.05) is 12.8 Å². The van der Waals surface area contributed by atoms with Crippen molar-refractivity contribution >= 4 is 11.6 Å². The van der Waals surface area contributed by atoms with E-state index in [1.165, 1.54) is 30.0 Å². The highest BCUT2D eigenvalue weighted by Crippen LogP contribution is 2.22. The molecule has 0 radical (unpaired) electrons. The van der Waals surface area contributed by atoms with Crippen LogP contribution in [-0.2, 0) is 11.3 Å². The van der Waals surface area contributed by atoms with Crippen molar-refractivity contribution in [1.29, 1.82) is 0 Å². The van der Waals surface area contributed by atoms with Crippen LogP contribution >= 0.6 is 0 Å². The third-order valence-electron chi connectivity index (χ3n) is 4.36. The summed E-state index contributed by atoms with van der Waals surface area (Å²) in [5, 5.41) is 10.3. The molecule has 2 aliphatic rings. The Balaban J connectivity index is 1.56. The molecule has 0 bridgehead atoms. The highest BCUT2D eigenvalue weighted by atomic mass is 16.2. The molecule has 1 amide bonds. The van der Waals surface area contributed by atoms with Crippen molar-refractivity contribution in [1.82, 2.24) is 15.1 Å². The van der Waals surface area contributed by atoms with Gasteiger partial charge in [-0.15, -0.1) is 0 Å². The molecule has 1 aromatic rings. The molecule has 6 nitrogen and oxygen atoms in total. The minimum absolute atomic E-state index is 0.000950. The van der Waals surface area contributed by atoms with E-state index in [0.29, 0.717) is 6.04 Å². The summed E-state index contributed by atoms with van der Waals surface area (Å²) in [6.07, 6.45) is 9.58. The van der Waals surface area contributed by atoms with Crippen molar-refractivity contribution in [2.24, 2.45) is 0 Å². The van der Waals surface area contributed by atoms with E-state index in [1.54, 1.807) is 6.20 Å². The van der Waals surface area contributed by atoms with Crippen LogP contribution < -0.4 is 16.2 Å². The highest BCUT2D eigenvalue weighted by Gasteiger charge is 2.19. The molecular formula is C15H22N4O2. The summed E-state index contributed by atoms with van der Waals surface area (Å²) in [4.78, 5) is 23.9. The van der Waals surface area contributed by atoms with Crippen LogP contribution in [0.1, 0.15) is 44.9 Å². The first-order valence-electron chi connectivity index (χ1n) is 7.84. The van der Waals surface area contributed by atoms with E-state index in [9.17, 15) is 9.59 Å². The number of anilines is 1. The fraction of sp³-hybridized carbons (Fsp3) is 0.667. The zero-order valence-electron chi connectivity index (χ0n) is 12.2. The first-order chi connectivity index (χ1) is 10.2. The number of hydrogen-bond donors (Lipinski definition) is 2. The first-order valence-corrected chi connectivity index (χ1v) is 7.84. The van der Waals surface area contributed by atoms with Crippen molar-refractivity contribution in [2.45, 2.75) is 63.6 Å². The van der Waals surface area contributed by atoms with Gasteiger partial charge in [-0.3, -0.25) is 9.59 Å². The monoisotopic (exact) mass is 290 g/mol. The Labute approximate surface area is 123 Å². The second kappa shape index (κ2) is 6.28.